The SMILES string of the molecule is COc1ccccc1CC(C)N1CCCCC1(C)C(=O)O. The molecule has 21 heavy (non-hydrogen) atoms. The molecule has 0 saturated carbocycles. The van der Waals surface area contributed by atoms with Crippen molar-refractivity contribution in [3.63, 3.8) is 0 Å². The molecular formula is C17H25NO3. The Hall–Kier alpha value is -1.55. The van der Waals surface area contributed by atoms with Crippen molar-refractivity contribution in [2.45, 2.75) is 51.1 Å². The summed E-state index contributed by atoms with van der Waals surface area (Å²) in [5.41, 5.74) is 0.380. The number of hydrogen-bond acceptors (Lipinski definition) is 3. The fourth-order valence-electron chi connectivity index (χ4n) is 3.38. The second-order valence-electron chi connectivity index (χ2n) is 6.09. The fraction of sp³-hybridized carbons (Fsp3) is 0.588. The van der Waals surface area contributed by atoms with Gasteiger partial charge in [-0.15, -0.1) is 0 Å². The molecule has 0 aliphatic carbocycles. The normalized spacial score (nSPS) is 24.5. The van der Waals surface area contributed by atoms with E-state index in [1.165, 1.54) is 0 Å². The van der Waals surface area contributed by atoms with Gasteiger partial charge in [-0.3, -0.25) is 9.69 Å². The van der Waals surface area contributed by atoms with E-state index >= 15 is 0 Å². The highest BCUT2D eigenvalue weighted by molar-refractivity contribution is 5.78. The van der Waals surface area contributed by atoms with Crippen LogP contribution in [0.5, 0.6) is 5.75 Å². The lowest BCUT2D eigenvalue weighted by Crippen LogP contribution is -2.58. The second-order valence-corrected chi connectivity index (χ2v) is 6.09. The lowest BCUT2D eigenvalue weighted by molar-refractivity contribution is -0.154. The van der Waals surface area contributed by atoms with Crippen LogP contribution < -0.4 is 4.74 Å². The predicted molar refractivity (Wildman–Crippen MR) is 82.8 cm³/mol. The number of rotatable bonds is 5. The Morgan fingerprint density at radius 1 is 1.43 bits per heavy atom. The molecule has 2 unspecified atom stereocenters. The zero-order chi connectivity index (χ0) is 15.5. The van der Waals surface area contributed by atoms with Gasteiger partial charge >= 0.3 is 5.97 Å². The van der Waals surface area contributed by atoms with Crippen LogP contribution in [0.15, 0.2) is 24.3 Å². The van der Waals surface area contributed by atoms with Crippen LogP contribution in [-0.2, 0) is 11.2 Å². The quantitative estimate of drug-likeness (QED) is 0.906. The third-order valence-electron chi connectivity index (χ3n) is 4.65. The maximum Gasteiger partial charge on any atom is 0.323 e. The number of aliphatic carboxylic acids is 1. The lowest BCUT2D eigenvalue weighted by Gasteiger charge is -2.45. The minimum atomic E-state index is -0.750. The molecule has 4 nitrogen and oxygen atoms in total. The third-order valence-corrected chi connectivity index (χ3v) is 4.65. The Morgan fingerprint density at radius 2 is 2.14 bits per heavy atom. The smallest absolute Gasteiger partial charge is 0.323 e. The van der Waals surface area contributed by atoms with Crippen LogP contribution in [0, 0.1) is 0 Å². The van der Waals surface area contributed by atoms with Gasteiger partial charge in [-0.25, -0.2) is 0 Å². The average Bonchev–Trinajstić information content (AvgIpc) is 2.48. The first-order valence-corrected chi connectivity index (χ1v) is 7.61. The molecular weight excluding hydrogens is 266 g/mol. The highest BCUT2D eigenvalue weighted by Gasteiger charge is 2.43. The number of carboxylic acid groups (broad SMARTS) is 1. The molecule has 1 aromatic carbocycles. The topological polar surface area (TPSA) is 49.8 Å². The first-order chi connectivity index (χ1) is 9.99. The molecule has 0 bridgehead atoms. The van der Waals surface area contributed by atoms with Crippen molar-refractivity contribution in [2.75, 3.05) is 13.7 Å². The van der Waals surface area contributed by atoms with E-state index in [1.807, 2.05) is 25.1 Å². The minimum Gasteiger partial charge on any atom is -0.496 e. The van der Waals surface area contributed by atoms with Crippen molar-refractivity contribution in [2.24, 2.45) is 0 Å². The third kappa shape index (κ3) is 3.21. The van der Waals surface area contributed by atoms with Crippen LogP contribution in [0.2, 0.25) is 0 Å². The Balaban J connectivity index is 2.18. The van der Waals surface area contributed by atoms with Gasteiger partial charge in [0.15, 0.2) is 0 Å². The maximum absolute atomic E-state index is 11.7. The molecule has 0 spiro atoms. The van der Waals surface area contributed by atoms with Crippen molar-refractivity contribution >= 4 is 5.97 Å². The second kappa shape index (κ2) is 6.48. The molecule has 0 radical (unpaired) electrons. The highest BCUT2D eigenvalue weighted by atomic mass is 16.5. The summed E-state index contributed by atoms with van der Waals surface area (Å²) in [7, 11) is 1.67. The van der Waals surface area contributed by atoms with Crippen LogP contribution in [0.25, 0.3) is 0 Å². The molecule has 0 aromatic heterocycles. The van der Waals surface area contributed by atoms with Gasteiger partial charge in [-0.05, 0) is 57.7 Å². The highest BCUT2D eigenvalue weighted by Crippen LogP contribution is 2.32. The van der Waals surface area contributed by atoms with Gasteiger partial charge in [0.25, 0.3) is 0 Å². The van der Waals surface area contributed by atoms with E-state index in [-0.39, 0.29) is 6.04 Å². The summed E-state index contributed by atoms with van der Waals surface area (Å²) in [6.45, 7) is 4.81. The van der Waals surface area contributed by atoms with Gasteiger partial charge in [0, 0.05) is 6.04 Å². The lowest BCUT2D eigenvalue weighted by atomic mass is 9.86. The van der Waals surface area contributed by atoms with Crippen molar-refractivity contribution < 1.29 is 14.6 Å². The van der Waals surface area contributed by atoms with E-state index in [2.05, 4.69) is 17.9 Å². The van der Waals surface area contributed by atoms with Crippen LogP contribution in [-0.4, -0.2) is 41.2 Å². The predicted octanol–water partition coefficient (Wildman–Crippen LogP) is 2.96. The van der Waals surface area contributed by atoms with Crippen molar-refractivity contribution in [1.82, 2.24) is 4.90 Å². The Bertz CT molecular complexity index is 503. The van der Waals surface area contributed by atoms with Crippen LogP contribution in [0.3, 0.4) is 0 Å². The Kier molecular flexibility index (Phi) is 4.88. The van der Waals surface area contributed by atoms with Gasteiger partial charge in [0.1, 0.15) is 11.3 Å². The molecule has 4 heteroatoms. The molecule has 1 aromatic rings. The molecule has 1 saturated heterocycles. The van der Waals surface area contributed by atoms with E-state index < -0.39 is 11.5 Å². The molecule has 1 aliphatic rings. The number of carbonyl (C=O) groups is 1. The number of hydrogen-bond donors (Lipinski definition) is 1. The van der Waals surface area contributed by atoms with Crippen molar-refractivity contribution in [1.29, 1.82) is 0 Å². The van der Waals surface area contributed by atoms with Crippen LogP contribution in [0.1, 0.15) is 38.7 Å². The number of benzene rings is 1. The van der Waals surface area contributed by atoms with Crippen LogP contribution >= 0.6 is 0 Å². The summed E-state index contributed by atoms with van der Waals surface area (Å²) in [4.78, 5) is 13.8. The zero-order valence-electron chi connectivity index (χ0n) is 13.1. The molecule has 2 rings (SSSR count). The average molecular weight is 291 g/mol. The number of likely N-dealkylation sites (tertiary alicyclic amines) is 1. The number of ether oxygens (including phenoxy) is 1. The van der Waals surface area contributed by atoms with Crippen molar-refractivity contribution in [3.05, 3.63) is 29.8 Å². The molecule has 1 heterocycles. The molecule has 1 aliphatic heterocycles. The van der Waals surface area contributed by atoms with Gasteiger partial charge in [-0.2, -0.15) is 0 Å². The maximum atomic E-state index is 11.7. The summed E-state index contributed by atoms with van der Waals surface area (Å²) in [5.74, 6) is 0.160. The molecule has 116 valence electrons. The summed E-state index contributed by atoms with van der Waals surface area (Å²) >= 11 is 0. The van der Waals surface area contributed by atoms with Gasteiger partial charge in [0.05, 0.1) is 7.11 Å². The number of para-hydroxylation sites is 1. The fourth-order valence-corrected chi connectivity index (χ4v) is 3.38. The number of piperidine rings is 1. The Morgan fingerprint density at radius 3 is 2.81 bits per heavy atom. The summed E-state index contributed by atoms with van der Waals surface area (Å²) in [5, 5.41) is 9.62. The van der Waals surface area contributed by atoms with Crippen molar-refractivity contribution in [3.8, 4) is 5.75 Å². The molecule has 1 N–H and O–H groups in total. The first-order valence-electron chi connectivity index (χ1n) is 7.61. The van der Waals surface area contributed by atoms with E-state index in [4.69, 9.17) is 4.74 Å². The van der Waals surface area contributed by atoms with Gasteiger partial charge in [-0.1, -0.05) is 18.2 Å². The van der Waals surface area contributed by atoms with E-state index in [0.29, 0.717) is 0 Å². The molecule has 1 fully saturated rings. The number of carboxylic acids is 1. The number of nitrogens with zero attached hydrogens (tertiary/aromatic N) is 1. The minimum absolute atomic E-state index is 0.169. The molecule has 0 amide bonds. The van der Waals surface area contributed by atoms with E-state index in [1.54, 1.807) is 7.11 Å². The van der Waals surface area contributed by atoms with Crippen LogP contribution in [0.4, 0.5) is 0 Å². The largest absolute Gasteiger partial charge is 0.496 e. The Labute approximate surface area is 126 Å². The van der Waals surface area contributed by atoms with Gasteiger partial charge in [0.2, 0.25) is 0 Å². The first kappa shape index (κ1) is 15.8. The monoisotopic (exact) mass is 291 g/mol. The standard InChI is InChI=1S/C17H25NO3/c1-13(12-14-8-4-5-9-15(14)21-3)18-11-7-6-10-17(18,2)16(19)20/h4-5,8-9,13H,6-7,10-12H2,1-3H3,(H,19,20). The molecule has 2 atom stereocenters. The van der Waals surface area contributed by atoms with E-state index in [9.17, 15) is 9.90 Å². The van der Waals surface area contributed by atoms with E-state index in [0.717, 1.165) is 43.5 Å². The summed E-state index contributed by atoms with van der Waals surface area (Å²) in [6, 6.07) is 8.13. The zero-order valence-corrected chi connectivity index (χ0v) is 13.1. The summed E-state index contributed by atoms with van der Waals surface area (Å²) < 4.78 is 5.40. The number of methoxy groups -OCH3 is 1. The summed E-state index contributed by atoms with van der Waals surface area (Å²) in [6.07, 6.45) is 3.57. The van der Waals surface area contributed by atoms with Gasteiger partial charge < -0.3 is 9.84 Å².